The van der Waals surface area contributed by atoms with Gasteiger partial charge in [0.2, 0.25) is 0 Å². The number of nitrogens with two attached hydrogens (primary N) is 1. The first-order valence-corrected chi connectivity index (χ1v) is 4.85. The van der Waals surface area contributed by atoms with Gasteiger partial charge < -0.3 is 20.5 Å². The zero-order valence-electron chi connectivity index (χ0n) is 8.07. The molecule has 2 aliphatic heterocycles. The molecule has 0 aromatic rings. The molecule has 2 atom stereocenters. The van der Waals surface area contributed by atoms with Crippen molar-refractivity contribution in [2.24, 2.45) is 17.6 Å². The van der Waals surface area contributed by atoms with Crippen LogP contribution in [0.25, 0.3) is 0 Å². The summed E-state index contributed by atoms with van der Waals surface area (Å²) in [6.07, 6.45) is 0. The minimum Gasteiger partial charge on any atom is -0.388 e. The average molecular weight is 186 g/mol. The standard InChI is InChI=1S/C9H18N2O2/c1-11-2-7-4-13-5-8(3-11)9(7,12)6-10/h7-8,12H,2-6,10H2,1H3. The van der Waals surface area contributed by atoms with Crippen LogP contribution in [0.1, 0.15) is 0 Å². The molecular weight excluding hydrogens is 168 g/mol. The summed E-state index contributed by atoms with van der Waals surface area (Å²) in [4.78, 5) is 2.25. The van der Waals surface area contributed by atoms with Gasteiger partial charge in [0, 0.05) is 31.5 Å². The van der Waals surface area contributed by atoms with Crippen LogP contribution in [0.5, 0.6) is 0 Å². The number of rotatable bonds is 1. The zero-order chi connectivity index (χ0) is 9.47. The SMILES string of the molecule is CN1CC2COCC(C1)C2(O)CN. The summed E-state index contributed by atoms with van der Waals surface area (Å²) in [7, 11) is 2.08. The van der Waals surface area contributed by atoms with Gasteiger partial charge in [-0.25, -0.2) is 0 Å². The first kappa shape index (κ1) is 9.40. The Kier molecular flexibility index (Phi) is 2.32. The third-order valence-corrected chi connectivity index (χ3v) is 3.44. The van der Waals surface area contributed by atoms with E-state index in [1.807, 2.05) is 0 Å². The van der Waals surface area contributed by atoms with Gasteiger partial charge in [-0.3, -0.25) is 0 Å². The first-order valence-electron chi connectivity index (χ1n) is 4.85. The lowest BCUT2D eigenvalue weighted by molar-refractivity contribution is -0.182. The number of hydrogen-bond acceptors (Lipinski definition) is 4. The van der Waals surface area contributed by atoms with E-state index < -0.39 is 5.60 Å². The Hall–Kier alpha value is -0.160. The van der Waals surface area contributed by atoms with Gasteiger partial charge in [-0.05, 0) is 7.05 Å². The highest BCUT2D eigenvalue weighted by molar-refractivity contribution is 5.01. The van der Waals surface area contributed by atoms with Crippen molar-refractivity contribution in [2.45, 2.75) is 5.60 Å². The highest BCUT2D eigenvalue weighted by atomic mass is 16.5. The van der Waals surface area contributed by atoms with Crippen molar-refractivity contribution >= 4 is 0 Å². The van der Waals surface area contributed by atoms with Gasteiger partial charge in [-0.2, -0.15) is 0 Å². The van der Waals surface area contributed by atoms with E-state index in [1.54, 1.807) is 0 Å². The number of fused-ring (bicyclic) bond motifs is 2. The molecule has 0 saturated carbocycles. The van der Waals surface area contributed by atoms with Crippen LogP contribution in [0.4, 0.5) is 0 Å². The van der Waals surface area contributed by atoms with Gasteiger partial charge in [0.1, 0.15) is 0 Å². The molecule has 2 heterocycles. The van der Waals surface area contributed by atoms with Crippen LogP contribution in [0, 0.1) is 11.8 Å². The van der Waals surface area contributed by atoms with Crippen molar-refractivity contribution in [3.8, 4) is 0 Å². The Morgan fingerprint density at radius 3 is 2.46 bits per heavy atom. The Bertz CT molecular complexity index is 184. The predicted molar refractivity (Wildman–Crippen MR) is 49.3 cm³/mol. The number of hydrogen-bond donors (Lipinski definition) is 2. The number of ether oxygens (including phenoxy) is 1. The van der Waals surface area contributed by atoms with Gasteiger partial charge >= 0.3 is 0 Å². The summed E-state index contributed by atoms with van der Waals surface area (Å²) < 4.78 is 5.44. The monoisotopic (exact) mass is 186 g/mol. The molecule has 0 aromatic heterocycles. The molecule has 0 amide bonds. The van der Waals surface area contributed by atoms with Crippen molar-refractivity contribution in [3.05, 3.63) is 0 Å². The van der Waals surface area contributed by atoms with Crippen molar-refractivity contribution in [2.75, 3.05) is 39.9 Å². The zero-order valence-corrected chi connectivity index (χ0v) is 8.07. The number of piperidine rings is 1. The third kappa shape index (κ3) is 1.38. The quantitative estimate of drug-likeness (QED) is 0.545. The minimum absolute atomic E-state index is 0.190. The molecule has 0 aliphatic carbocycles. The van der Waals surface area contributed by atoms with Gasteiger partial charge in [0.25, 0.3) is 0 Å². The summed E-state index contributed by atoms with van der Waals surface area (Å²) in [5, 5.41) is 10.3. The van der Waals surface area contributed by atoms with Crippen LogP contribution >= 0.6 is 0 Å². The topological polar surface area (TPSA) is 58.7 Å². The molecule has 2 rings (SSSR count). The molecule has 2 aliphatic rings. The van der Waals surface area contributed by atoms with E-state index in [0.29, 0.717) is 19.8 Å². The van der Waals surface area contributed by atoms with E-state index in [2.05, 4.69) is 11.9 Å². The highest BCUT2D eigenvalue weighted by Crippen LogP contribution is 2.35. The maximum atomic E-state index is 10.3. The van der Waals surface area contributed by atoms with Gasteiger partial charge in [0.05, 0.1) is 18.8 Å². The van der Waals surface area contributed by atoms with E-state index in [-0.39, 0.29) is 11.8 Å². The molecule has 13 heavy (non-hydrogen) atoms. The normalized spacial score (nSPS) is 46.4. The van der Waals surface area contributed by atoms with Crippen LogP contribution in [0.2, 0.25) is 0 Å². The molecule has 0 aromatic carbocycles. The first-order chi connectivity index (χ1) is 6.16. The molecule has 2 bridgehead atoms. The summed E-state index contributed by atoms with van der Waals surface area (Å²) in [6.45, 7) is 3.44. The van der Waals surface area contributed by atoms with Crippen LogP contribution < -0.4 is 5.73 Å². The summed E-state index contributed by atoms with van der Waals surface area (Å²) >= 11 is 0. The van der Waals surface area contributed by atoms with Crippen molar-refractivity contribution < 1.29 is 9.84 Å². The smallest absolute Gasteiger partial charge is 0.0893 e. The molecule has 4 nitrogen and oxygen atoms in total. The lowest BCUT2D eigenvalue weighted by Crippen LogP contribution is -2.65. The van der Waals surface area contributed by atoms with E-state index in [4.69, 9.17) is 10.5 Å². The lowest BCUT2D eigenvalue weighted by Gasteiger charge is -2.51. The fraction of sp³-hybridized carbons (Fsp3) is 1.00. The fourth-order valence-electron chi connectivity index (χ4n) is 2.56. The Balaban J connectivity index is 2.19. The molecule has 0 spiro atoms. The Morgan fingerprint density at radius 1 is 1.46 bits per heavy atom. The van der Waals surface area contributed by atoms with E-state index in [1.165, 1.54) is 0 Å². The number of likely N-dealkylation sites (tertiary alicyclic amines) is 1. The second kappa shape index (κ2) is 3.20. The van der Waals surface area contributed by atoms with Gasteiger partial charge in [-0.1, -0.05) is 0 Å². The summed E-state index contributed by atoms with van der Waals surface area (Å²) in [5.74, 6) is 0.380. The van der Waals surface area contributed by atoms with Gasteiger partial charge in [-0.15, -0.1) is 0 Å². The molecule has 4 heteroatoms. The maximum Gasteiger partial charge on any atom is 0.0893 e. The summed E-state index contributed by atoms with van der Waals surface area (Å²) in [6, 6.07) is 0. The Labute approximate surface area is 78.7 Å². The molecule has 76 valence electrons. The van der Waals surface area contributed by atoms with Crippen molar-refractivity contribution in [1.82, 2.24) is 4.90 Å². The molecule has 2 fully saturated rings. The van der Waals surface area contributed by atoms with E-state index in [9.17, 15) is 5.11 Å². The predicted octanol–water partition coefficient (Wildman–Crippen LogP) is -1.12. The molecular formula is C9H18N2O2. The number of nitrogens with zero attached hydrogens (tertiary/aromatic N) is 1. The average Bonchev–Trinajstić information content (AvgIpc) is 2.08. The van der Waals surface area contributed by atoms with Crippen molar-refractivity contribution in [3.63, 3.8) is 0 Å². The minimum atomic E-state index is -0.676. The van der Waals surface area contributed by atoms with E-state index >= 15 is 0 Å². The summed E-state index contributed by atoms with van der Waals surface area (Å²) in [5.41, 5.74) is 4.97. The fourth-order valence-corrected chi connectivity index (χ4v) is 2.56. The third-order valence-electron chi connectivity index (χ3n) is 3.44. The van der Waals surface area contributed by atoms with Gasteiger partial charge in [0.15, 0.2) is 0 Å². The lowest BCUT2D eigenvalue weighted by atomic mass is 9.72. The van der Waals surface area contributed by atoms with Crippen molar-refractivity contribution in [1.29, 1.82) is 0 Å². The van der Waals surface area contributed by atoms with Crippen LogP contribution in [0.15, 0.2) is 0 Å². The van der Waals surface area contributed by atoms with Crippen LogP contribution in [0.3, 0.4) is 0 Å². The molecule has 2 unspecified atom stereocenters. The highest BCUT2D eigenvalue weighted by Gasteiger charge is 2.49. The molecule has 0 radical (unpaired) electrons. The van der Waals surface area contributed by atoms with Crippen LogP contribution in [-0.4, -0.2) is 55.5 Å². The Morgan fingerprint density at radius 2 is 2.00 bits per heavy atom. The largest absolute Gasteiger partial charge is 0.388 e. The second-order valence-corrected chi connectivity index (χ2v) is 4.35. The number of aliphatic hydroxyl groups is 1. The van der Waals surface area contributed by atoms with E-state index in [0.717, 1.165) is 13.1 Å². The molecule has 2 saturated heterocycles. The molecule has 3 N–H and O–H groups in total. The second-order valence-electron chi connectivity index (χ2n) is 4.35. The van der Waals surface area contributed by atoms with Crippen LogP contribution in [-0.2, 0) is 4.74 Å². The maximum absolute atomic E-state index is 10.3.